The minimum Gasteiger partial charge on any atom is -0.295 e. The summed E-state index contributed by atoms with van der Waals surface area (Å²) in [6.07, 6.45) is 4.63. The molecule has 0 aliphatic carbocycles. The molecular weight excluding hydrogens is 599 g/mol. The maximum Gasteiger partial charge on any atom is 0.141 e. The van der Waals surface area contributed by atoms with Gasteiger partial charge in [-0.05, 0) is 78.7 Å². The van der Waals surface area contributed by atoms with Gasteiger partial charge in [0.1, 0.15) is 22.9 Å². The van der Waals surface area contributed by atoms with Crippen molar-refractivity contribution < 1.29 is 0 Å². The molecule has 0 atom stereocenters. The average Bonchev–Trinajstić information content (AvgIpc) is 3.86. The highest BCUT2D eigenvalue weighted by Gasteiger charge is 2.27. The van der Waals surface area contributed by atoms with Crippen molar-refractivity contribution in [1.82, 2.24) is 23.3 Å². The maximum atomic E-state index is 5.57. The molecule has 49 heavy (non-hydrogen) atoms. The lowest BCUT2D eigenvalue weighted by Gasteiger charge is -2.15. The number of benzene rings is 5. The number of fused-ring (bicyclic) bond motifs is 12. The number of hydrogen-bond acceptors (Lipinski definition) is 1. The van der Waals surface area contributed by atoms with Gasteiger partial charge in [0.2, 0.25) is 0 Å². The van der Waals surface area contributed by atoms with E-state index in [-0.39, 0.29) is 0 Å². The van der Waals surface area contributed by atoms with Gasteiger partial charge in [-0.1, -0.05) is 97.1 Å². The zero-order valence-electron chi connectivity index (χ0n) is 26.7. The van der Waals surface area contributed by atoms with Crippen LogP contribution in [0.5, 0.6) is 0 Å². The van der Waals surface area contributed by atoms with Gasteiger partial charge in [-0.2, -0.15) is 0 Å². The molecule has 0 unspecified atom stereocenters. The molecule has 8 bridgehead atoms. The summed E-state index contributed by atoms with van der Waals surface area (Å²) in [5.74, 6) is 1.75. The number of pyridine rings is 1. The third-order valence-corrected chi connectivity index (χ3v) is 10.3. The monoisotopic (exact) mass is 627 g/mol. The van der Waals surface area contributed by atoms with Crippen molar-refractivity contribution in [2.24, 2.45) is 0 Å². The van der Waals surface area contributed by atoms with E-state index in [2.05, 4.69) is 183 Å². The summed E-state index contributed by atoms with van der Waals surface area (Å²) in [7, 11) is 0. The van der Waals surface area contributed by atoms with Gasteiger partial charge in [0, 0.05) is 38.3 Å². The predicted octanol–water partition coefficient (Wildman–Crippen LogP) is 10.8. The van der Waals surface area contributed by atoms with Gasteiger partial charge in [0.05, 0.1) is 22.2 Å². The largest absolute Gasteiger partial charge is 0.295 e. The molecule has 11 rings (SSSR count). The molecule has 0 spiro atoms. The Balaban J connectivity index is 1.39. The lowest BCUT2D eigenvalue weighted by Crippen LogP contribution is -2.07. The zero-order valence-corrected chi connectivity index (χ0v) is 26.7. The van der Waals surface area contributed by atoms with Crippen molar-refractivity contribution >= 4 is 66.9 Å². The third-order valence-electron chi connectivity index (χ3n) is 10.3. The molecule has 10 aromatic rings. The Morgan fingerprint density at radius 3 is 1.65 bits per heavy atom. The molecule has 5 aromatic heterocycles. The maximum absolute atomic E-state index is 5.57. The van der Waals surface area contributed by atoms with Gasteiger partial charge in [-0.3, -0.25) is 18.3 Å². The second-order valence-electron chi connectivity index (χ2n) is 12.9. The molecule has 0 N–H and O–H groups in total. The first-order valence-electron chi connectivity index (χ1n) is 16.8. The summed E-state index contributed by atoms with van der Waals surface area (Å²) in [5.41, 5.74) is 11.5. The molecule has 6 heterocycles. The van der Waals surface area contributed by atoms with Crippen molar-refractivity contribution in [3.63, 3.8) is 0 Å². The van der Waals surface area contributed by atoms with Crippen LogP contribution in [-0.4, -0.2) is 23.3 Å². The van der Waals surface area contributed by atoms with Gasteiger partial charge in [0.25, 0.3) is 0 Å². The minimum absolute atomic E-state index is 0.874. The van der Waals surface area contributed by atoms with Gasteiger partial charge in [-0.25, -0.2) is 4.98 Å². The lowest BCUT2D eigenvalue weighted by molar-refractivity contribution is 0.963. The van der Waals surface area contributed by atoms with E-state index < -0.39 is 0 Å². The first-order chi connectivity index (χ1) is 24.3. The topological polar surface area (TPSA) is 32.6 Å². The quantitative estimate of drug-likeness (QED) is 0.188. The SMILES string of the molecule is Cc1c2n(-c3ccccc3)c3c1c1ccccc1n3-c1cccc(n1)-n1c3cccc(c3c3c4ccccc4n(-c4ccccc4)c31)C=C2. The zero-order chi connectivity index (χ0) is 32.2. The fourth-order valence-corrected chi connectivity index (χ4v) is 8.34. The van der Waals surface area contributed by atoms with E-state index in [0.717, 1.165) is 51.0 Å². The smallest absolute Gasteiger partial charge is 0.141 e. The van der Waals surface area contributed by atoms with Crippen LogP contribution in [0.1, 0.15) is 16.8 Å². The fourth-order valence-electron chi connectivity index (χ4n) is 8.34. The van der Waals surface area contributed by atoms with Crippen LogP contribution in [0.15, 0.2) is 146 Å². The standard InChI is InChI=1S/C44H29N5/c1-28-34-27-26-29-14-12-23-37-41(29)42-33-20-9-10-21-35(33)47(31-17-6-3-7-18-31)44(42)49(37)39-25-13-24-38(45-39)48-36-22-11-8-19-32(36)40(28)43(48)46(34)30-15-4-2-5-16-30/h2-27H,1H3. The van der Waals surface area contributed by atoms with Gasteiger partial charge in [-0.15, -0.1) is 0 Å². The Kier molecular flexibility index (Phi) is 5.25. The first kappa shape index (κ1) is 26.5. The predicted molar refractivity (Wildman–Crippen MR) is 203 cm³/mol. The summed E-state index contributed by atoms with van der Waals surface area (Å²) in [6.45, 7) is 2.26. The number of aromatic nitrogens is 5. The van der Waals surface area contributed by atoms with Crippen molar-refractivity contribution in [1.29, 1.82) is 0 Å². The van der Waals surface area contributed by atoms with E-state index in [1.54, 1.807) is 0 Å². The van der Waals surface area contributed by atoms with E-state index in [1.165, 1.54) is 43.6 Å². The number of aryl methyl sites for hydroxylation is 1. The highest BCUT2D eigenvalue weighted by Crippen LogP contribution is 2.44. The normalized spacial score (nSPS) is 12.5. The van der Waals surface area contributed by atoms with Crippen LogP contribution < -0.4 is 0 Å². The highest BCUT2D eigenvalue weighted by atomic mass is 15.2. The molecule has 230 valence electrons. The summed E-state index contributed by atoms with van der Waals surface area (Å²) >= 11 is 0. The van der Waals surface area contributed by atoms with Crippen LogP contribution >= 0.6 is 0 Å². The van der Waals surface area contributed by atoms with Gasteiger partial charge in [0.15, 0.2) is 0 Å². The van der Waals surface area contributed by atoms with Gasteiger partial charge >= 0.3 is 0 Å². The molecule has 0 fully saturated rings. The number of nitrogens with zero attached hydrogens (tertiary/aromatic N) is 5. The number of hydrogen-bond donors (Lipinski definition) is 0. The first-order valence-corrected chi connectivity index (χ1v) is 16.8. The fraction of sp³-hybridized carbons (Fsp3) is 0.0227. The molecule has 0 radical (unpaired) electrons. The van der Waals surface area contributed by atoms with Crippen LogP contribution in [0, 0.1) is 6.92 Å². The van der Waals surface area contributed by atoms with Gasteiger partial charge < -0.3 is 0 Å². The van der Waals surface area contributed by atoms with Crippen LogP contribution in [0.4, 0.5) is 0 Å². The summed E-state index contributed by atoms with van der Waals surface area (Å²) in [5, 5.41) is 6.13. The Bertz CT molecular complexity index is 2980. The molecule has 5 aromatic carbocycles. The van der Waals surface area contributed by atoms with E-state index in [9.17, 15) is 0 Å². The molecule has 5 heteroatoms. The average molecular weight is 628 g/mol. The van der Waals surface area contributed by atoms with Crippen LogP contribution in [0.25, 0.3) is 89.9 Å². The Labute approximate surface area is 281 Å². The Hall–Kier alpha value is -6.59. The summed E-state index contributed by atoms with van der Waals surface area (Å²) < 4.78 is 9.53. The van der Waals surface area contributed by atoms with E-state index >= 15 is 0 Å². The molecule has 5 nitrogen and oxygen atoms in total. The number of para-hydroxylation sites is 4. The summed E-state index contributed by atoms with van der Waals surface area (Å²) in [6, 6.07) is 52.0. The Morgan fingerprint density at radius 1 is 0.408 bits per heavy atom. The molecule has 1 aliphatic rings. The highest BCUT2D eigenvalue weighted by molar-refractivity contribution is 6.24. The second-order valence-corrected chi connectivity index (χ2v) is 12.9. The molecule has 0 saturated heterocycles. The van der Waals surface area contributed by atoms with Crippen LogP contribution in [-0.2, 0) is 0 Å². The third kappa shape index (κ3) is 3.46. The lowest BCUT2D eigenvalue weighted by atomic mass is 10.0. The Morgan fingerprint density at radius 2 is 0.939 bits per heavy atom. The van der Waals surface area contributed by atoms with Crippen molar-refractivity contribution in [3.05, 3.63) is 162 Å². The second kappa shape index (κ2) is 9.72. The van der Waals surface area contributed by atoms with E-state index in [4.69, 9.17) is 4.98 Å². The van der Waals surface area contributed by atoms with Crippen molar-refractivity contribution in [2.45, 2.75) is 6.92 Å². The minimum atomic E-state index is 0.874. The number of rotatable bonds is 2. The van der Waals surface area contributed by atoms with Crippen LogP contribution in [0.3, 0.4) is 0 Å². The van der Waals surface area contributed by atoms with Crippen LogP contribution in [0.2, 0.25) is 0 Å². The molecule has 0 amide bonds. The van der Waals surface area contributed by atoms with E-state index in [1.807, 2.05) is 0 Å². The summed E-state index contributed by atoms with van der Waals surface area (Å²) in [4.78, 5) is 5.57. The molecule has 0 saturated carbocycles. The van der Waals surface area contributed by atoms with E-state index in [0.29, 0.717) is 0 Å². The molecular formula is C44H29N5. The van der Waals surface area contributed by atoms with Crippen molar-refractivity contribution in [2.75, 3.05) is 0 Å². The van der Waals surface area contributed by atoms with Crippen molar-refractivity contribution in [3.8, 4) is 23.0 Å². The molecule has 1 aliphatic heterocycles.